The summed E-state index contributed by atoms with van der Waals surface area (Å²) in [5, 5.41) is 0. The van der Waals surface area contributed by atoms with Crippen molar-refractivity contribution in [3.05, 3.63) is 32.7 Å². The van der Waals surface area contributed by atoms with E-state index in [-0.39, 0.29) is 0 Å². The molecule has 0 bridgehead atoms. The topological polar surface area (TPSA) is 26.0 Å². The lowest BCUT2D eigenvalue weighted by atomic mass is 9.78. The first-order chi connectivity index (χ1) is 8.65. The van der Waals surface area contributed by atoms with Gasteiger partial charge in [0.05, 0.1) is 0 Å². The third-order valence-electron chi connectivity index (χ3n) is 4.27. The summed E-state index contributed by atoms with van der Waals surface area (Å²) in [6.45, 7) is 0.833. The van der Waals surface area contributed by atoms with Crippen molar-refractivity contribution in [2.24, 2.45) is 11.1 Å². The van der Waals surface area contributed by atoms with Gasteiger partial charge in [-0.05, 0) is 67.8 Å². The first kappa shape index (κ1) is 14.5. The SMILES string of the molecule is NCCC1(CCc2cc(Br)ccc2Br)CCCC1. The molecule has 18 heavy (non-hydrogen) atoms. The molecule has 0 amide bonds. The quantitative estimate of drug-likeness (QED) is 0.766. The molecule has 3 heteroatoms. The van der Waals surface area contributed by atoms with E-state index in [4.69, 9.17) is 5.73 Å². The molecule has 1 aromatic rings. The molecule has 1 saturated carbocycles. The third-order valence-corrected chi connectivity index (χ3v) is 5.54. The van der Waals surface area contributed by atoms with Crippen LogP contribution in [0.4, 0.5) is 0 Å². The zero-order chi connectivity index (χ0) is 13.0. The molecule has 0 unspecified atom stereocenters. The zero-order valence-corrected chi connectivity index (χ0v) is 13.9. The second-order valence-electron chi connectivity index (χ2n) is 5.48. The van der Waals surface area contributed by atoms with E-state index < -0.39 is 0 Å². The van der Waals surface area contributed by atoms with Crippen LogP contribution in [0.1, 0.15) is 44.1 Å². The van der Waals surface area contributed by atoms with Gasteiger partial charge in [0.1, 0.15) is 0 Å². The van der Waals surface area contributed by atoms with Crippen LogP contribution in [0, 0.1) is 5.41 Å². The molecule has 0 heterocycles. The van der Waals surface area contributed by atoms with E-state index in [2.05, 4.69) is 50.1 Å². The molecule has 1 aliphatic carbocycles. The Kier molecular flexibility index (Phi) is 5.28. The van der Waals surface area contributed by atoms with E-state index in [9.17, 15) is 0 Å². The van der Waals surface area contributed by atoms with Crippen LogP contribution in [0.3, 0.4) is 0 Å². The van der Waals surface area contributed by atoms with Crippen LogP contribution >= 0.6 is 31.9 Å². The molecule has 0 aliphatic heterocycles. The van der Waals surface area contributed by atoms with E-state index in [1.807, 2.05) is 0 Å². The highest BCUT2D eigenvalue weighted by Crippen LogP contribution is 2.44. The van der Waals surface area contributed by atoms with Gasteiger partial charge in [-0.2, -0.15) is 0 Å². The number of nitrogens with two attached hydrogens (primary N) is 1. The maximum absolute atomic E-state index is 5.80. The van der Waals surface area contributed by atoms with E-state index in [0.717, 1.165) is 13.0 Å². The molecule has 0 aromatic heterocycles. The lowest BCUT2D eigenvalue weighted by molar-refractivity contribution is 0.253. The number of aryl methyl sites for hydroxylation is 1. The van der Waals surface area contributed by atoms with Gasteiger partial charge < -0.3 is 5.73 Å². The number of rotatable bonds is 5. The van der Waals surface area contributed by atoms with Crippen LogP contribution in [0.25, 0.3) is 0 Å². The molecule has 2 rings (SSSR count). The van der Waals surface area contributed by atoms with Gasteiger partial charge in [-0.3, -0.25) is 0 Å². The summed E-state index contributed by atoms with van der Waals surface area (Å²) >= 11 is 7.20. The summed E-state index contributed by atoms with van der Waals surface area (Å²) in [7, 11) is 0. The number of benzene rings is 1. The lowest BCUT2D eigenvalue weighted by Crippen LogP contribution is -2.21. The Morgan fingerprint density at radius 1 is 1.11 bits per heavy atom. The second kappa shape index (κ2) is 6.53. The molecule has 100 valence electrons. The average Bonchev–Trinajstić information content (AvgIpc) is 2.80. The van der Waals surface area contributed by atoms with Crippen molar-refractivity contribution < 1.29 is 0 Å². The summed E-state index contributed by atoms with van der Waals surface area (Å²) in [6, 6.07) is 6.44. The molecule has 0 saturated heterocycles. The highest BCUT2D eigenvalue weighted by atomic mass is 79.9. The van der Waals surface area contributed by atoms with Crippen molar-refractivity contribution in [3.63, 3.8) is 0 Å². The molecule has 1 nitrogen and oxygen atoms in total. The van der Waals surface area contributed by atoms with Gasteiger partial charge in [-0.1, -0.05) is 44.7 Å². The minimum atomic E-state index is 0.524. The van der Waals surface area contributed by atoms with Crippen molar-refractivity contribution in [1.82, 2.24) is 0 Å². The molecule has 0 atom stereocenters. The van der Waals surface area contributed by atoms with Crippen LogP contribution < -0.4 is 5.73 Å². The van der Waals surface area contributed by atoms with Crippen molar-refractivity contribution in [2.75, 3.05) is 6.54 Å². The van der Waals surface area contributed by atoms with Crippen LogP contribution in [-0.2, 0) is 6.42 Å². The zero-order valence-electron chi connectivity index (χ0n) is 10.7. The van der Waals surface area contributed by atoms with E-state index in [0.29, 0.717) is 5.41 Å². The van der Waals surface area contributed by atoms with Gasteiger partial charge in [0.25, 0.3) is 0 Å². The summed E-state index contributed by atoms with van der Waals surface area (Å²) in [5.41, 5.74) is 7.73. The fourth-order valence-electron chi connectivity index (χ4n) is 3.19. The standard InChI is InChI=1S/C15H21Br2N/c16-13-3-4-14(17)12(11-13)5-8-15(9-10-18)6-1-2-7-15/h3-4,11H,1-2,5-10,18H2. The van der Waals surface area contributed by atoms with Gasteiger partial charge >= 0.3 is 0 Å². The van der Waals surface area contributed by atoms with E-state index in [1.54, 1.807) is 0 Å². The number of hydrogen-bond donors (Lipinski definition) is 1. The second-order valence-corrected chi connectivity index (χ2v) is 7.25. The van der Waals surface area contributed by atoms with Gasteiger partial charge in [-0.25, -0.2) is 0 Å². The van der Waals surface area contributed by atoms with Crippen molar-refractivity contribution in [1.29, 1.82) is 0 Å². The fourth-order valence-corrected chi connectivity index (χ4v) is 4.04. The van der Waals surface area contributed by atoms with E-state index in [1.165, 1.54) is 53.0 Å². The summed E-state index contributed by atoms with van der Waals surface area (Å²) in [6.07, 6.45) is 9.14. The summed E-state index contributed by atoms with van der Waals surface area (Å²) < 4.78 is 2.39. The molecule has 1 fully saturated rings. The molecular weight excluding hydrogens is 354 g/mol. The molecule has 1 aromatic carbocycles. The highest BCUT2D eigenvalue weighted by Gasteiger charge is 2.32. The van der Waals surface area contributed by atoms with Crippen LogP contribution in [0.5, 0.6) is 0 Å². The largest absolute Gasteiger partial charge is 0.330 e. The Labute approximate surface area is 127 Å². The minimum absolute atomic E-state index is 0.524. The Morgan fingerprint density at radius 2 is 1.83 bits per heavy atom. The first-order valence-corrected chi connectivity index (χ1v) is 8.38. The minimum Gasteiger partial charge on any atom is -0.330 e. The predicted octanol–water partition coefficient (Wildman–Crippen LogP) is 5.05. The molecule has 1 aliphatic rings. The Balaban J connectivity index is 2.03. The first-order valence-electron chi connectivity index (χ1n) is 6.79. The number of hydrogen-bond acceptors (Lipinski definition) is 1. The van der Waals surface area contributed by atoms with Crippen molar-refractivity contribution >= 4 is 31.9 Å². The molecule has 0 spiro atoms. The Bertz CT molecular complexity index is 397. The maximum Gasteiger partial charge on any atom is 0.0208 e. The third kappa shape index (κ3) is 3.58. The monoisotopic (exact) mass is 373 g/mol. The normalized spacial score (nSPS) is 18.2. The molecule has 0 radical (unpaired) electrons. The van der Waals surface area contributed by atoms with Crippen molar-refractivity contribution in [3.8, 4) is 0 Å². The number of halogens is 2. The molecule has 2 N–H and O–H groups in total. The van der Waals surface area contributed by atoms with Crippen LogP contribution in [-0.4, -0.2) is 6.54 Å². The fraction of sp³-hybridized carbons (Fsp3) is 0.600. The average molecular weight is 375 g/mol. The van der Waals surface area contributed by atoms with Gasteiger partial charge in [0.15, 0.2) is 0 Å². The smallest absolute Gasteiger partial charge is 0.0208 e. The highest BCUT2D eigenvalue weighted by molar-refractivity contribution is 9.11. The van der Waals surface area contributed by atoms with Crippen LogP contribution in [0.15, 0.2) is 27.1 Å². The van der Waals surface area contributed by atoms with Crippen LogP contribution in [0.2, 0.25) is 0 Å². The Hall–Kier alpha value is 0.140. The lowest BCUT2D eigenvalue weighted by Gasteiger charge is -2.28. The predicted molar refractivity (Wildman–Crippen MR) is 84.7 cm³/mol. The van der Waals surface area contributed by atoms with Crippen molar-refractivity contribution in [2.45, 2.75) is 44.9 Å². The summed E-state index contributed by atoms with van der Waals surface area (Å²) in [4.78, 5) is 0. The Morgan fingerprint density at radius 3 is 2.50 bits per heavy atom. The van der Waals surface area contributed by atoms with Gasteiger partial charge in [0, 0.05) is 8.95 Å². The van der Waals surface area contributed by atoms with Gasteiger partial charge in [0.2, 0.25) is 0 Å². The van der Waals surface area contributed by atoms with E-state index >= 15 is 0 Å². The van der Waals surface area contributed by atoms with Gasteiger partial charge in [-0.15, -0.1) is 0 Å². The molecular formula is C15H21Br2N. The summed E-state index contributed by atoms with van der Waals surface area (Å²) in [5.74, 6) is 0. The maximum atomic E-state index is 5.80.